The molecular formula is C16H17FN2O2. The van der Waals surface area contributed by atoms with Crippen molar-refractivity contribution in [1.82, 2.24) is 4.98 Å². The number of anilines is 1. The Hall–Kier alpha value is -2.43. The summed E-state index contributed by atoms with van der Waals surface area (Å²) in [7, 11) is 0. The average molecular weight is 288 g/mol. The molecule has 4 nitrogen and oxygen atoms in total. The summed E-state index contributed by atoms with van der Waals surface area (Å²) in [5, 5.41) is 3.21. The minimum atomic E-state index is -0.374. The number of aromatic nitrogens is 1. The van der Waals surface area contributed by atoms with Gasteiger partial charge in [0.15, 0.2) is 0 Å². The first kappa shape index (κ1) is 15.0. The molecule has 1 heterocycles. The van der Waals surface area contributed by atoms with Crippen molar-refractivity contribution in [3.63, 3.8) is 0 Å². The minimum absolute atomic E-state index is 0.134. The van der Waals surface area contributed by atoms with Crippen LogP contribution < -0.4 is 5.32 Å². The van der Waals surface area contributed by atoms with Crippen LogP contribution in [0.3, 0.4) is 0 Å². The van der Waals surface area contributed by atoms with Crippen molar-refractivity contribution in [2.45, 2.75) is 19.9 Å². The molecule has 1 aromatic carbocycles. The second kappa shape index (κ2) is 6.83. The zero-order chi connectivity index (χ0) is 15.2. The molecule has 1 N–H and O–H groups in total. The van der Waals surface area contributed by atoms with Crippen LogP contribution in [0.25, 0.3) is 0 Å². The molecule has 0 saturated heterocycles. The molecule has 0 aliphatic heterocycles. The first-order chi connectivity index (χ1) is 10.1. The highest BCUT2D eigenvalue weighted by atomic mass is 19.1. The smallest absolute Gasteiger partial charge is 0.338 e. The van der Waals surface area contributed by atoms with E-state index in [1.54, 1.807) is 31.3 Å². The molecule has 5 heteroatoms. The van der Waals surface area contributed by atoms with Crippen molar-refractivity contribution in [3.05, 3.63) is 59.7 Å². The summed E-state index contributed by atoms with van der Waals surface area (Å²) in [4.78, 5) is 15.5. The largest absolute Gasteiger partial charge is 0.462 e. The number of hydrogen-bond acceptors (Lipinski definition) is 4. The van der Waals surface area contributed by atoms with Gasteiger partial charge in [0, 0.05) is 11.9 Å². The zero-order valence-electron chi connectivity index (χ0n) is 12.0. The average Bonchev–Trinajstić information content (AvgIpc) is 2.48. The fraction of sp³-hybridized carbons (Fsp3) is 0.250. The van der Waals surface area contributed by atoms with E-state index in [-0.39, 0.29) is 17.8 Å². The summed E-state index contributed by atoms with van der Waals surface area (Å²) in [5.41, 5.74) is 1.97. The number of benzene rings is 1. The number of nitrogens with zero attached hydrogens (tertiary/aromatic N) is 1. The lowest BCUT2D eigenvalue weighted by Crippen LogP contribution is -2.09. The third-order valence-electron chi connectivity index (χ3n) is 2.98. The van der Waals surface area contributed by atoms with Gasteiger partial charge in [-0.05, 0) is 43.7 Å². The maximum atomic E-state index is 13.2. The van der Waals surface area contributed by atoms with E-state index in [1.807, 2.05) is 13.0 Å². The van der Waals surface area contributed by atoms with Gasteiger partial charge < -0.3 is 10.1 Å². The Morgan fingerprint density at radius 1 is 1.38 bits per heavy atom. The van der Waals surface area contributed by atoms with Gasteiger partial charge in [-0.2, -0.15) is 0 Å². The SMILES string of the molecule is CCOC(=O)c1cccc(NC(C)c2cncc(F)c2)c1. The third-order valence-corrected chi connectivity index (χ3v) is 2.98. The molecule has 0 aliphatic carbocycles. The second-order valence-electron chi connectivity index (χ2n) is 4.60. The van der Waals surface area contributed by atoms with E-state index in [0.29, 0.717) is 12.2 Å². The normalized spacial score (nSPS) is 11.8. The Morgan fingerprint density at radius 2 is 2.19 bits per heavy atom. The summed E-state index contributed by atoms with van der Waals surface area (Å²) in [6.07, 6.45) is 2.77. The number of ether oxygens (including phenoxy) is 1. The predicted octanol–water partition coefficient (Wildman–Crippen LogP) is 3.57. The van der Waals surface area contributed by atoms with Gasteiger partial charge in [0.1, 0.15) is 5.82 Å². The van der Waals surface area contributed by atoms with Crippen molar-refractivity contribution in [3.8, 4) is 0 Å². The molecule has 0 bridgehead atoms. The summed E-state index contributed by atoms with van der Waals surface area (Å²) in [5.74, 6) is -0.734. The molecule has 2 aromatic rings. The predicted molar refractivity (Wildman–Crippen MR) is 78.6 cm³/mol. The van der Waals surface area contributed by atoms with Crippen LogP contribution in [0, 0.1) is 5.82 Å². The number of carbonyl (C=O) groups is 1. The standard InChI is InChI=1S/C16H17FN2O2/c1-3-21-16(20)12-5-4-6-15(8-12)19-11(2)13-7-14(17)10-18-9-13/h4-11,19H,3H2,1-2H3. The lowest BCUT2D eigenvalue weighted by Gasteiger charge is -2.16. The van der Waals surface area contributed by atoms with Gasteiger partial charge in [-0.1, -0.05) is 6.07 Å². The van der Waals surface area contributed by atoms with Crippen LogP contribution in [0.5, 0.6) is 0 Å². The van der Waals surface area contributed by atoms with E-state index < -0.39 is 0 Å². The van der Waals surface area contributed by atoms with Gasteiger partial charge in [0.25, 0.3) is 0 Å². The van der Waals surface area contributed by atoms with Crippen LogP contribution in [0.4, 0.5) is 10.1 Å². The highest BCUT2D eigenvalue weighted by molar-refractivity contribution is 5.90. The number of nitrogens with one attached hydrogen (secondary N) is 1. The van der Waals surface area contributed by atoms with Gasteiger partial charge in [0.2, 0.25) is 0 Å². The fourth-order valence-corrected chi connectivity index (χ4v) is 1.95. The van der Waals surface area contributed by atoms with E-state index in [4.69, 9.17) is 4.74 Å². The van der Waals surface area contributed by atoms with Gasteiger partial charge in [-0.3, -0.25) is 4.98 Å². The molecular weight excluding hydrogens is 271 g/mol. The van der Waals surface area contributed by atoms with Gasteiger partial charge in [-0.15, -0.1) is 0 Å². The molecule has 110 valence electrons. The topological polar surface area (TPSA) is 51.2 Å². The molecule has 0 fully saturated rings. The van der Waals surface area contributed by atoms with Crippen LogP contribution in [0.1, 0.15) is 35.8 Å². The lowest BCUT2D eigenvalue weighted by atomic mass is 10.1. The molecule has 0 radical (unpaired) electrons. The van der Waals surface area contributed by atoms with Crippen molar-refractivity contribution >= 4 is 11.7 Å². The Kier molecular flexibility index (Phi) is 4.87. The van der Waals surface area contributed by atoms with E-state index in [9.17, 15) is 9.18 Å². The second-order valence-corrected chi connectivity index (χ2v) is 4.60. The molecule has 1 unspecified atom stereocenters. The number of pyridine rings is 1. The van der Waals surface area contributed by atoms with Crippen LogP contribution in [0.2, 0.25) is 0 Å². The maximum Gasteiger partial charge on any atom is 0.338 e. The monoisotopic (exact) mass is 288 g/mol. The van der Waals surface area contributed by atoms with Crippen molar-refractivity contribution in [2.24, 2.45) is 0 Å². The van der Waals surface area contributed by atoms with Gasteiger partial charge >= 0.3 is 5.97 Å². The van der Waals surface area contributed by atoms with E-state index in [1.165, 1.54) is 6.07 Å². The molecule has 2 rings (SSSR count). The molecule has 21 heavy (non-hydrogen) atoms. The molecule has 0 amide bonds. The number of esters is 1. The van der Waals surface area contributed by atoms with Crippen molar-refractivity contribution < 1.29 is 13.9 Å². The highest BCUT2D eigenvalue weighted by Gasteiger charge is 2.10. The molecule has 0 aliphatic rings. The Balaban J connectivity index is 2.12. The molecule has 0 spiro atoms. The Morgan fingerprint density at radius 3 is 2.90 bits per heavy atom. The van der Waals surface area contributed by atoms with Crippen molar-refractivity contribution in [1.29, 1.82) is 0 Å². The number of hydrogen-bond donors (Lipinski definition) is 1. The first-order valence-corrected chi connectivity index (χ1v) is 6.74. The molecule has 1 aromatic heterocycles. The summed E-state index contributed by atoms with van der Waals surface area (Å²) < 4.78 is 18.1. The number of carbonyl (C=O) groups excluding carboxylic acids is 1. The first-order valence-electron chi connectivity index (χ1n) is 6.74. The third kappa shape index (κ3) is 4.02. The zero-order valence-corrected chi connectivity index (χ0v) is 12.0. The number of halogens is 1. The van der Waals surface area contributed by atoms with Crippen molar-refractivity contribution in [2.75, 3.05) is 11.9 Å². The summed E-state index contributed by atoms with van der Waals surface area (Å²) in [6, 6.07) is 8.31. The van der Waals surface area contributed by atoms with E-state index in [2.05, 4.69) is 10.3 Å². The van der Waals surface area contributed by atoms with E-state index >= 15 is 0 Å². The van der Waals surface area contributed by atoms with Gasteiger partial charge in [0.05, 0.1) is 24.4 Å². The maximum absolute atomic E-state index is 13.2. The van der Waals surface area contributed by atoms with Crippen LogP contribution in [-0.2, 0) is 4.74 Å². The fourth-order valence-electron chi connectivity index (χ4n) is 1.95. The Labute approximate surface area is 123 Å². The van der Waals surface area contributed by atoms with Gasteiger partial charge in [-0.25, -0.2) is 9.18 Å². The van der Waals surface area contributed by atoms with E-state index in [0.717, 1.165) is 17.4 Å². The molecule has 1 atom stereocenters. The number of rotatable bonds is 5. The Bertz CT molecular complexity index is 631. The highest BCUT2D eigenvalue weighted by Crippen LogP contribution is 2.20. The lowest BCUT2D eigenvalue weighted by molar-refractivity contribution is 0.0526. The van der Waals surface area contributed by atoms with Crippen LogP contribution in [0.15, 0.2) is 42.7 Å². The van der Waals surface area contributed by atoms with Crippen LogP contribution >= 0.6 is 0 Å². The quantitative estimate of drug-likeness (QED) is 0.855. The van der Waals surface area contributed by atoms with Crippen LogP contribution in [-0.4, -0.2) is 17.6 Å². The summed E-state index contributed by atoms with van der Waals surface area (Å²) in [6.45, 7) is 3.99. The minimum Gasteiger partial charge on any atom is -0.462 e. The summed E-state index contributed by atoms with van der Waals surface area (Å²) >= 11 is 0. The molecule has 0 saturated carbocycles.